The number of rotatable bonds is 4. The molecule has 1 aromatic rings. The van der Waals surface area contributed by atoms with Crippen LogP contribution in [0.15, 0.2) is 12.5 Å². The number of hydrazine groups is 1. The Balaban J connectivity index is 1.70. The molecule has 0 bridgehead atoms. The minimum Gasteiger partial charge on any atom is -0.348 e. The number of imidazole rings is 1. The maximum atomic E-state index is 12.3. The average molecular weight is 292 g/mol. The second kappa shape index (κ2) is 6.13. The number of hydrogen-bond donors (Lipinski definition) is 3. The molecule has 2 aliphatic heterocycles. The van der Waals surface area contributed by atoms with Gasteiger partial charge in [-0.25, -0.2) is 4.98 Å². The summed E-state index contributed by atoms with van der Waals surface area (Å²) in [5.74, 6) is 0.207. The van der Waals surface area contributed by atoms with Crippen LogP contribution in [0.5, 0.6) is 0 Å². The second-order valence-electron chi connectivity index (χ2n) is 6.15. The van der Waals surface area contributed by atoms with Crippen molar-refractivity contribution in [2.24, 2.45) is 5.92 Å². The van der Waals surface area contributed by atoms with Gasteiger partial charge < -0.3 is 9.88 Å². The molecular formula is C14H24N6O. The quantitative estimate of drug-likeness (QED) is 0.701. The SMILES string of the molecule is CN(C)C(=O)C1CNNC1C1CCCN1Cc1cnc[nH]1. The van der Waals surface area contributed by atoms with Gasteiger partial charge in [-0.15, -0.1) is 0 Å². The molecule has 3 rings (SSSR count). The predicted molar refractivity (Wildman–Crippen MR) is 79.1 cm³/mol. The third-order valence-corrected chi connectivity index (χ3v) is 4.54. The van der Waals surface area contributed by atoms with Crippen molar-refractivity contribution in [3.05, 3.63) is 18.2 Å². The van der Waals surface area contributed by atoms with Gasteiger partial charge in [0.25, 0.3) is 0 Å². The number of nitrogens with one attached hydrogen (secondary N) is 3. The maximum Gasteiger partial charge on any atom is 0.228 e. The standard InChI is InChI=1S/C14H24N6O/c1-19(2)14(21)11-7-17-18-13(11)12-4-3-5-20(12)8-10-6-15-9-16-10/h6,9,11-13,17-18H,3-5,7-8H2,1-2H3,(H,15,16). The van der Waals surface area contributed by atoms with Crippen LogP contribution in [0.1, 0.15) is 18.5 Å². The van der Waals surface area contributed by atoms with Crippen molar-refractivity contribution < 1.29 is 4.79 Å². The number of nitrogens with zero attached hydrogens (tertiary/aromatic N) is 3. The fraction of sp³-hybridized carbons (Fsp3) is 0.714. The minimum atomic E-state index is 0.00682. The molecule has 116 valence electrons. The van der Waals surface area contributed by atoms with Gasteiger partial charge in [0.05, 0.1) is 12.2 Å². The lowest BCUT2D eigenvalue weighted by atomic mass is 9.92. The Kier molecular flexibility index (Phi) is 4.23. The van der Waals surface area contributed by atoms with Crippen LogP contribution in [0.3, 0.4) is 0 Å². The number of likely N-dealkylation sites (tertiary alicyclic amines) is 1. The Morgan fingerprint density at radius 1 is 1.52 bits per heavy atom. The molecule has 7 heteroatoms. The van der Waals surface area contributed by atoms with Crippen LogP contribution in [0, 0.1) is 5.92 Å². The van der Waals surface area contributed by atoms with Crippen LogP contribution in [0.25, 0.3) is 0 Å². The first-order chi connectivity index (χ1) is 10.2. The summed E-state index contributed by atoms with van der Waals surface area (Å²) in [5, 5.41) is 0. The van der Waals surface area contributed by atoms with E-state index in [9.17, 15) is 4.79 Å². The van der Waals surface area contributed by atoms with Gasteiger partial charge in [0, 0.05) is 51.2 Å². The number of amides is 1. The monoisotopic (exact) mass is 292 g/mol. The number of carbonyl (C=O) groups is 1. The van der Waals surface area contributed by atoms with Gasteiger partial charge in [0.15, 0.2) is 0 Å². The molecule has 0 aliphatic carbocycles. The number of hydrogen-bond acceptors (Lipinski definition) is 5. The number of H-pyrrole nitrogens is 1. The summed E-state index contributed by atoms with van der Waals surface area (Å²) >= 11 is 0. The molecule has 2 saturated heterocycles. The van der Waals surface area contributed by atoms with Crippen LogP contribution in [0.4, 0.5) is 0 Å². The number of aromatic nitrogens is 2. The zero-order chi connectivity index (χ0) is 14.8. The lowest BCUT2D eigenvalue weighted by Gasteiger charge is -2.32. The van der Waals surface area contributed by atoms with Crippen LogP contribution in [-0.2, 0) is 11.3 Å². The summed E-state index contributed by atoms with van der Waals surface area (Å²) in [6.07, 6.45) is 5.90. The lowest BCUT2D eigenvalue weighted by molar-refractivity contribution is -0.133. The zero-order valence-electron chi connectivity index (χ0n) is 12.7. The summed E-state index contributed by atoms with van der Waals surface area (Å²) in [6, 6.07) is 0.558. The highest BCUT2D eigenvalue weighted by Crippen LogP contribution is 2.27. The fourth-order valence-corrected chi connectivity index (χ4v) is 3.50. The largest absolute Gasteiger partial charge is 0.348 e. The highest BCUT2D eigenvalue weighted by Gasteiger charge is 2.42. The summed E-state index contributed by atoms with van der Waals surface area (Å²) in [6.45, 7) is 2.65. The van der Waals surface area contributed by atoms with Gasteiger partial charge >= 0.3 is 0 Å². The van der Waals surface area contributed by atoms with Crippen LogP contribution in [0.2, 0.25) is 0 Å². The topological polar surface area (TPSA) is 76.3 Å². The Morgan fingerprint density at radius 2 is 2.38 bits per heavy atom. The van der Waals surface area contributed by atoms with E-state index in [1.807, 2.05) is 20.3 Å². The van der Waals surface area contributed by atoms with Gasteiger partial charge in [-0.3, -0.25) is 20.5 Å². The summed E-state index contributed by atoms with van der Waals surface area (Å²) in [5.41, 5.74) is 7.63. The van der Waals surface area contributed by atoms with Crippen LogP contribution >= 0.6 is 0 Å². The molecule has 2 aliphatic rings. The molecular weight excluding hydrogens is 268 g/mol. The van der Waals surface area contributed by atoms with Gasteiger partial charge in [-0.2, -0.15) is 0 Å². The Bertz CT molecular complexity index is 474. The van der Waals surface area contributed by atoms with Crippen molar-refractivity contribution in [2.75, 3.05) is 27.2 Å². The van der Waals surface area contributed by atoms with E-state index < -0.39 is 0 Å². The van der Waals surface area contributed by atoms with Crippen LogP contribution in [-0.4, -0.2) is 64.9 Å². The van der Waals surface area contributed by atoms with Gasteiger partial charge in [0.2, 0.25) is 5.91 Å². The summed E-state index contributed by atoms with van der Waals surface area (Å²) in [7, 11) is 3.66. The van der Waals surface area contributed by atoms with E-state index in [0.717, 1.165) is 25.2 Å². The highest BCUT2D eigenvalue weighted by atomic mass is 16.2. The molecule has 3 heterocycles. The third kappa shape index (κ3) is 2.95. The van der Waals surface area contributed by atoms with Crippen molar-refractivity contribution in [1.82, 2.24) is 30.6 Å². The fourth-order valence-electron chi connectivity index (χ4n) is 3.50. The molecule has 1 amide bonds. The molecule has 1 aromatic heterocycles. The van der Waals surface area contributed by atoms with Crippen molar-refractivity contribution in [2.45, 2.75) is 31.5 Å². The summed E-state index contributed by atoms with van der Waals surface area (Å²) in [4.78, 5) is 23.7. The maximum absolute atomic E-state index is 12.3. The number of aromatic amines is 1. The molecule has 7 nitrogen and oxygen atoms in total. The molecule has 0 aromatic carbocycles. The Hall–Kier alpha value is -1.44. The van der Waals surface area contributed by atoms with Gasteiger partial charge in [-0.1, -0.05) is 0 Å². The van der Waals surface area contributed by atoms with Gasteiger partial charge in [-0.05, 0) is 19.4 Å². The Labute approximate surface area is 125 Å². The van der Waals surface area contributed by atoms with Gasteiger partial charge in [0.1, 0.15) is 0 Å². The van der Waals surface area contributed by atoms with Crippen molar-refractivity contribution in [1.29, 1.82) is 0 Å². The van der Waals surface area contributed by atoms with E-state index in [4.69, 9.17) is 0 Å². The van der Waals surface area contributed by atoms with E-state index in [-0.39, 0.29) is 17.9 Å². The van der Waals surface area contributed by atoms with Crippen molar-refractivity contribution >= 4 is 5.91 Å². The van der Waals surface area contributed by atoms with Crippen molar-refractivity contribution in [3.8, 4) is 0 Å². The van der Waals surface area contributed by atoms with E-state index in [1.54, 1.807) is 11.2 Å². The molecule has 0 radical (unpaired) electrons. The lowest BCUT2D eigenvalue weighted by Crippen LogP contribution is -2.51. The number of carbonyl (C=O) groups excluding carboxylic acids is 1. The summed E-state index contributed by atoms with van der Waals surface area (Å²) < 4.78 is 0. The Morgan fingerprint density at radius 3 is 3.10 bits per heavy atom. The molecule has 3 N–H and O–H groups in total. The van der Waals surface area contributed by atoms with E-state index in [1.165, 1.54) is 6.42 Å². The minimum absolute atomic E-state index is 0.00682. The van der Waals surface area contributed by atoms with Crippen molar-refractivity contribution in [3.63, 3.8) is 0 Å². The first-order valence-corrected chi connectivity index (χ1v) is 7.57. The van der Waals surface area contributed by atoms with Crippen LogP contribution < -0.4 is 10.9 Å². The first-order valence-electron chi connectivity index (χ1n) is 7.57. The van der Waals surface area contributed by atoms with E-state index >= 15 is 0 Å². The first kappa shape index (κ1) is 14.5. The smallest absolute Gasteiger partial charge is 0.228 e. The average Bonchev–Trinajstić information content (AvgIpc) is 3.18. The molecule has 21 heavy (non-hydrogen) atoms. The molecule has 3 atom stereocenters. The van der Waals surface area contributed by atoms with E-state index in [0.29, 0.717) is 12.6 Å². The molecule has 2 fully saturated rings. The zero-order valence-corrected chi connectivity index (χ0v) is 12.7. The normalized spacial score (nSPS) is 29.9. The third-order valence-electron chi connectivity index (χ3n) is 4.54. The second-order valence-corrected chi connectivity index (χ2v) is 6.15. The molecule has 0 spiro atoms. The molecule has 3 unspecified atom stereocenters. The molecule has 0 saturated carbocycles. The highest BCUT2D eigenvalue weighted by molar-refractivity contribution is 5.79. The predicted octanol–water partition coefficient (Wildman–Crippen LogP) is -0.445. The van der Waals surface area contributed by atoms with E-state index in [2.05, 4.69) is 25.7 Å².